The van der Waals surface area contributed by atoms with Crippen LogP contribution in [0.25, 0.3) is 0 Å². The molecule has 0 aliphatic heterocycles. The molecule has 0 bridgehead atoms. The molecule has 2 heteroatoms. The fourth-order valence-electron chi connectivity index (χ4n) is 1.40. The number of aliphatic hydroxyl groups is 1. The van der Waals surface area contributed by atoms with Gasteiger partial charge in [0, 0.05) is 5.25 Å². The third-order valence-corrected chi connectivity index (χ3v) is 2.99. The largest absolute Gasteiger partial charge is 0.393 e. The summed E-state index contributed by atoms with van der Waals surface area (Å²) >= 11 is 4.34. The van der Waals surface area contributed by atoms with Crippen LogP contribution in [0.5, 0.6) is 0 Å². The quantitative estimate of drug-likeness (QED) is 0.563. The average molecular weight is 190 g/mol. The minimum absolute atomic E-state index is 0.124. The zero-order chi connectivity index (χ0) is 9.78. The van der Waals surface area contributed by atoms with Crippen molar-refractivity contribution in [2.45, 2.75) is 58.3 Å². The molecule has 1 saturated carbocycles. The lowest BCUT2D eigenvalue weighted by Crippen LogP contribution is -2.36. The highest BCUT2D eigenvalue weighted by molar-refractivity contribution is 7.80. The molecule has 12 heavy (non-hydrogen) atoms. The summed E-state index contributed by atoms with van der Waals surface area (Å²) in [6.45, 7) is 8.24. The van der Waals surface area contributed by atoms with Crippen molar-refractivity contribution in [2.24, 2.45) is 5.41 Å². The summed E-state index contributed by atoms with van der Waals surface area (Å²) in [4.78, 5) is 0. The second kappa shape index (κ2) is 5.13. The van der Waals surface area contributed by atoms with Crippen LogP contribution < -0.4 is 0 Å². The SMILES string of the molecule is CC.CC1(C)CCC(S)CC1O. The molecule has 1 aliphatic carbocycles. The molecule has 0 aromatic heterocycles. The number of rotatable bonds is 0. The Labute approximate surface area is 82.0 Å². The van der Waals surface area contributed by atoms with Gasteiger partial charge in [0.15, 0.2) is 0 Å². The maximum absolute atomic E-state index is 9.56. The van der Waals surface area contributed by atoms with E-state index >= 15 is 0 Å². The average Bonchev–Trinajstić information content (AvgIpc) is 2.03. The van der Waals surface area contributed by atoms with Gasteiger partial charge in [0.25, 0.3) is 0 Å². The third-order valence-electron chi connectivity index (χ3n) is 2.52. The van der Waals surface area contributed by atoms with Gasteiger partial charge in [0.05, 0.1) is 6.10 Å². The summed E-state index contributed by atoms with van der Waals surface area (Å²) in [6, 6.07) is 0. The van der Waals surface area contributed by atoms with Crippen LogP contribution in [0.4, 0.5) is 0 Å². The van der Waals surface area contributed by atoms with E-state index in [-0.39, 0.29) is 11.5 Å². The monoisotopic (exact) mass is 190 g/mol. The molecule has 0 amide bonds. The second-order valence-electron chi connectivity index (χ2n) is 3.93. The lowest BCUT2D eigenvalue weighted by atomic mass is 9.75. The summed E-state index contributed by atoms with van der Waals surface area (Å²) in [7, 11) is 0. The molecule has 0 aromatic carbocycles. The first-order valence-electron chi connectivity index (χ1n) is 4.88. The van der Waals surface area contributed by atoms with E-state index in [1.54, 1.807) is 0 Å². The molecule has 1 nitrogen and oxygen atoms in total. The molecule has 2 unspecified atom stereocenters. The van der Waals surface area contributed by atoms with E-state index < -0.39 is 0 Å². The Morgan fingerprint density at radius 3 is 2.17 bits per heavy atom. The Morgan fingerprint density at radius 1 is 1.33 bits per heavy atom. The van der Waals surface area contributed by atoms with E-state index in [1.165, 1.54) is 0 Å². The van der Waals surface area contributed by atoms with Crippen LogP contribution in [0.15, 0.2) is 0 Å². The maximum Gasteiger partial charge on any atom is 0.0601 e. The number of hydrogen-bond acceptors (Lipinski definition) is 2. The number of hydrogen-bond donors (Lipinski definition) is 2. The van der Waals surface area contributed by atoms with Crippen LogP contribution in [0.3, 0.4) is 0 Å². The van der Waals surface area contributed by atoms with Crippen LogP contribution in [-0.4, -0.2) is 16.5 Å². The molecule has 1 fully saturated rings. The minimum atomic E-state index is -0.149. The van der Waals surface area contributed by atoms with Gasteiger partial charge in [-0.3, -0.25) is 0 Å². The van der Waals surface area contributed by atoms with Gasteiger partial charge in [-0.15, -0.1) is 0 Å². The Morgan fingerprint density at radius 2 is 1.83 bits per heavy atom. The lowest BCUT2D eigenvalue weighted by molar-refractivity contribution is 0.0162. The molecule has 2 atom stereocenters. The van der Waals surface area contributed by atoms with Crippen molar-refractivity contribution < 1.29 is 5.11 Å². The Hall–Kier alpha value is 0.310. The highest BCUT2D eigenvalue weighted by Crippen LogP contribution is 2.37. The lowest BCUT2D eigenvalue weighted by Gasteiger charge is -2.37. The summed E-state index contributed by atoms with van der Waals surface area (Å²) in [6.07, 6.45) is 2.95. The van der Waals surface area contributed by atoms with Crippen molar-refractivity contribution in [1.82, 2.24) is 0 Å². The van der Waals surface area contributed by atoms with Crippen molar-refractivity contribution in [3.05, 3.63) is 0 Å². The Kier molecular flexibility index (Phi) is 5.26. The van der Waals surface area contributed by atoms with Crippen LogP contribution >= 0.6 is 12.6 Å². The molecule has 1 rings (SSSR count). The molecule has 1 aliphatic rings. The Bertz CT molecular complexity index is 123. The predicted octanol–water partition coefficient (Wildman–Crippen LogP) is 2.88. The van der Waals surface area contributed by atoms with E-state index in [0.29, 0.717) is 5.25 Å². The van der Waals surface area contributed by atoms with Crippen LogP contribution in [-0.2, 0) is 0 Å². The molecular weight excluding hydrogens is 168 g/mol. The minimum Gasteiger partial charge on any atom is -0.393 e. The van der Waals surface area contributed by atoms with Crippen molar-refractivity contribution in [2.75, 3.05) is 0 Å². The smallest absolute Gasteiger partial charge is 0.0601 e. The highest BCUT2D eigenvalue weighted by atomic mass is 32.1. The van der Waals surface area contributed by atoms with Crippen LogP contribution in [0.2, 0.25) is 0 Å². The van der Waals surface area contributed by atoms with Gasteiger partial charge in [0.1, 0.15) is 0 Å². The molecule has 0 spiro atoms. The summed E-state index contributed by atoms with van der Waals surface area (Å²) in [5, 5.41) is 9.98. The van der Waals surface area contributed by atoms with Crippen molar-refractivity contribution in [3.63, 3.8) is 0 Å². The third kappa shape index (κ3) is 3.36. The zero-order valence-electron chi connectivity index (χ0n) is 8.67. The van der Waals surface area contributed by atoms with Gasteiger partial charge >= 0.3 is 0 Å². The molecule has 0 aromatic rings. The first-order chi connectivity index (χ1) is 5.52. The molecule has 1 N–H and O–H groups in total. The van der Waals surface area contributed by atoms with E-state index in [9.17, 15) is 5.11 Å². The summed E-state index contributed by atoms with van der Waals surface area (Å²) in [5.41, 5.74) is 0.124. The van der Waals surface area contributed by atoms with Crippen LogP contribution in [0, 0.1) is 5.41 Å². The van der Waals surface area contributed by atoms with Gasteiger partial charge in [-0.05, 0) is 24.7 Å². The second-order valence-corrected chi connectivity index (χ2v) is 4.66. The predicted molar refractivity (Wildman–Crippen MR) is 57.8 cm³/mol. The van der Waals surface area contributed by atoms with Gasteiger partial charge in [-0.2, -0.15) is 12.6 Å². The van der Waals surface area contributed by atoms with E-state index in [4.69, 9.17) is 0 Å². The van der Waals surface area contributed by atoms with Gasteiger partial charge in [-0.25, -0.2) is 0 Å². The topological polar surface area (TPSA) is 20.2 Å². The molecule has 0 saturated heterocycles. The standard InChI is InChI=1S/C8H16OS.C2H6/c1-8(2)4-3-6(10)5-7(8)9;1-2/h6-7,9-10H,3-5H2,1-2H3;1-2H3. The van der Waals surface area contributed by atoms with Gasteiger partial charge in [0.2, 0.25) is 0 Å². The van der Waals surface area contributed by atoms with E-state index in [0.717, 1.165) is 19.3 Å². The Balaban J connectivity index is 0.000000561. The number of thiol groups is 1. The molecule has 0 radical (unpaired) electrons. The van der Waals surface area contributed by atoms with Gasteiger partial charge in [-0.1, -0.05) is 27.7 Å². The van der Waals surface area contributed by atoms with Gasteiger partial charge < -0.3 is 5.11 Å². The van der Waals surface area contributed by atoms with Crippen molar-refractivity contribution in [3.8, 4) is 0 Å². The van der Waals surface area contributed by atoms with Crippen molar-refractivity contribution >= 4 is 12.6 Å². The first-order valence-corrected chi connectivity index (χ1v) is 5.40. The highest BCUT2D eigenvalue weighted by Gasteiger charge is 2.33. The van der Waals surface area contributed by atoms with E-state index in [2.05, 4.69) is 26.5 Å². The fourth-order valence-corrected chi connectivity index (χ4v) is 1.73. The summed E-state index contributed by atoms with van der Waals surface area (Å²) in [5.74, 6) is 0. The van der Waals surface area contributed by atoms with Crippen LogP contribution in [0.1, 0.15) is 47.0 Å². The molecule has 74 valence electrons. The number of aliphatic hydroxyl groups excluding tert-OH is 1. The van der Waals surface area contributed by atoms with Crippen molar-refractivity contribution in [1.29, 1.82) is 0 Å². The fraction of sp³-hybridized carbons (Fsp3) is 1.00. The summed E-state index contributed by atoms with van der Waals surface area (Å²) < 4.78 is 0. The molecular formula is C10H22OS. The first kappa shape index (κ1) is 12.3. The zero-order valence-corrected chi connectivity index (χ0v) is 9.56. The van der Waals surface area contributed by atoms with E-state index in [1.807, 2.05) is 13.8 Å². The molecule has 0 heterocycles. The maximum atomic E-state index is 9.56. The normalized spacial score (nSPS) is 33.5.